The fourth-order valence-electron chi connectivity index (χ4n) is 2.96. The van der Waals surface area contributed by atoms with E-state index in [1.807, 2.05) is 0 Å². The highest BCUT2D eigenvalue weighted by Crippen LogP contribution is 2.20. The molecule has 2 atom stereocenters. The standard InChI is InChI=1S/C18H30N2O/c1-5-19-18(13-20-10-11-21-15(4)12-20)17-8-6-16(7-9-17)14(2)3/h6-9,14-15,18-19H,5,10-13H2,1-4H3. The fraction of sp³-hybridized carbons (Fsp3) is 0.667. The van der Waals surface area contributed by atoms with Gasteiger partial charge in [0, 0.05) is 25.7 Å². The van der Waals surface area contributed by atoms with Crippen molar-refractivity contribution in [2.24, 2.45) is 0 Å². The molecule has 0 bridgehead atoms. The lowest BCUT2D eigenvalue weighted by atomic mass is 9.98. The molecule has 3 heteroatoms. The van der Waals surface area contributed by atoms with Crippen LogP contribution in [0.15, 0.2) is 24.3 Å². The van der Waals surface area contributed by atoms with Crippen molar-refractivity contribution in [1.82, 2.24) is 10.2 Å². The van der Waals surface area contributed by atoms with E-state index in [2.05, 4.69) is 62.2 Å². The first-order valence-electron chi connectivity index (χ1n) is 8.27. The van der Waals surface area contributed by atoms with Crippen LogP contribution >= 0.6 is 0 Å². The topological polar surface area (TPSA) is 24.5 Å². The molecule has 1 aromatic carbocycles. The molecule has 1 heterocycles. The maximum atomic E-state index is 5.64. The van der Waals surface area contributed by atoms with Gasteiger partial charge >= 0.3 is 0 Å². The zero-order valence-corrected chi connectivity index (χ0v) is 13.9. The van der Waals surface area contributed by atoms with E-state index in [1.54, 1.807) is 0 Å². The Morgan fingerprint density at radius 3 is 2.48 bits per heavy atom. The largest absolute Gasteiger partial charge is 0.376 e. The normalized spacial score (nSPS) is 21.7. The Morgan fingerprint density at radius 1 is 1.24 bits per heavy atom. The van der Waals surface area contributed by atoms with E-state index in [0.717, 1.165) is 32.8 Å². The molecule has 2 rings (SSSR count). The van der Waals surface area contributed by atoms with Crippen molar-refractivity contribution in [3.8, 4) is 0 Å². The van der Waals surface area contributed by atoms with Gasteiger partial charge in [-0.15, -0.1) is 0 Å². The summed E-state index contributed by atoms with van der Waals surface area (Å²) in [5.41, 5.74) is 2.80. The van der Waals surface area contributed by atoms with Gasteiger partial charge in [-0.1, -0.05) is 45.0 Å². The summed E-state index contributed by atoms with van der Waals surface area (Å²) >= 11 is 0. The molecule has 0 aromatic heterocycles. The van der Waals surface area contributed by atoms with E-state index in [4.69, 9.17) is 4.74 Å². The Hall–Kier alpha value is -0.900. The number of hydrogen-bond donors (Lipinski definition) is 1. The molecule has 3 nitrogen and oxygen atoms in total. The van der Waals surface area contributed by atoms with Crippen LogP contribution in [0.1, 0.15) is 50.8 Å². The van der Waals surface area contributed by atoms with Gasteiger partial charge in [-0.2, -0.15) is 0 Å². The minimum absolute atomic E-state index is 0.351. The molecule has 0 saturated carbocycles. The molecule has 1 fully saturated rings. The molecular weight excluding hydrogens is 260 g/mol. The van der Waals surface area contributed by atoms with Crippen LogP contribution in [0, 0.1) is 0 Å². The Morgan fingerprint density at radius 2 is 1.90 bits per heavy atom. The molecule has 21 heavy (non-hydrogen) atoms. The molecule has 118 valence electrons. The predicted molar refractivity (Wildman–Crippen MR) is 88.8 cm³/mol. The second-order valence-corrected chi connectivity index (χ2v) is 6.37. The SMILES string of the molecule is CCNC(CN1CCOC(C)C1)c1ccc(C(C)C)cc1. The van der Waals surface area contributed by atoms with Crippen molar-refractivity contribution < 1.29 is 4.74 Å². The van der Waals surface area contributed by atoms with Gasteiger partial charge in [0.2, 0.25) is 0 Å². The maximum absolute atomic E-state index is 5.64. The number of nitrogens with zero attached hydrogens (tertiary/aromatic N) is 1. The van der Waals surface area contributed by atoms with Gasteiger partial charge in [-0.3, -0.25) is 4.90 Å². The molecule has 0 spiro atoms. The van der Waals surface area contributed by atoms with Crippen LogP contribution in [-0.2, 0) is 4.74 Å². The van der Waals surface area contributed by atoms with E-state index < -0.39 is 0 Å². The zero-order valence-electron chi connectivity index (χ0n) is 13.9. The second-order valence-electron chi connectivity index (χ2n) is 6.37. The summed E-state index contributed by atoms with van der Waals surface area (Å²) in [5, 5.41) is 3.63. The van der Waals surface area contributed by atoms with Gasteiger partial charge in [0.05, 0.1) is 12.7 Å². The Bertz CT molecular complexity index is 416. The summed E-state index contributed by atoms with van der Waals surface area (Å²) < 4.78 is 5.64. The Labute approximate surface area is 129 Å². The van der Waals surface area contributed by atoms with Gasteiger partial charge in [0.25, 0.3) is 0 Å². The van der Waals surface area contributed by atoms with Gasteiger partial charge in [-0.05, 0) is 30.5 Å². The van der Waals surface area contributed by atoms with Gasteiger partial charge < -0.3 is 10.1 Å². The fourth-order valence-corrected chi connectivity index (χ4v) is 2.96. The van der Waals surface area contributed by atoms with E-state index in [0.29, 0.717) is 18.1 Å². The zero-order chi connectivity index (χ0) is 15.2. The summed E-state index contributed by atoms with van der Waals surface area (Å²) in [4.78, 5) is 2.51. The van der Waals surface area contributed by atoms with Crippen LogP contribution in [-0.4, -0.2) is 43.8 Å². The third-order valence-electron chi connectivity index (χ3n) is 4.22. The minimum Gasteiger partial charge on any atom is -0.376 e. The van der Waals surface area contributed by atoms with Crippen molar-refractivity contribution in [1.29, 1.82) is 0 Å². The third kappa shape index (κ3) is 4.80. The summed E-state index contributed by atoms with van der Waals surface area (Å²) in [7, 11) is 0. The van der Waals surface area contributed by atoms with E-state index >= 15 is 0 Å². The van der Waals surface area contributed by atoms with Crippen molar-refractivity contribution in [3.05, 3.63) is 35.4 Å². The lowest BCUT2D eigenvalue weighted by Gasteiger charge is -2.34. The third-order valence-corrected chi connectivity index (χ3v) is 4.22. The summed E-state index contributed by atoms with van der Waals surface area (Å²) in [6.45, 7) is 13.8. The Balaban J connectivity index is 2.03. The molecule has 0 amide bonds. The summed E-state index contributed by atoms with van der Waals surface area (Å²) in [6, 6.07) is 9.51. The average molecular weight is 290 g/mol. The number of nitrogens with one attached hydrogen (secondary N) is 1. The summed E-state index contributed by atoms with van der Waals surface area (Å²) in [6.07, 6.45) is 0.351. The van der Waals surface area contributed by atoms with Gasteiger partial charge in [0.15, 0.2) is 0 Å². The van der Waals surface area contributed by atoms with E-state index in [-0.39, 0.29) is 0 Å². The lowest BCUT2D eigenvalue weighted by Crippen LogP contribution is -2.45. The highest BCUT2D eigenvalue weighted by atomic mass is 16.5. The van der Waals surface area contributed by atoms with Crippen LogP contribution < -0.4 is 5.32 Å². The molecule has 1 aromatic rings. The molecular formula is C18H30N2O. The van der Waals surface area contributed by atoms with Gasteiger partial charge in [0.1, 0.15) is 0 Å². The number of ether oxygens (including phenoxy) is 1. The van der Waals surface area contributed by atoms with Crippen molar-refractivity contribution in [3.63, 3.8) is 0 Å². The minimum atomic E-state index is 0.351. The molecule has 1 N–H and O–H groups in total. The monoisotopic (exact) mass is 290 g/mol. The smallest absolute Gasteiger partial charge is 0.0674 e. The van der Waals surface area contributed by atoms with Crippen LogP contribution in [0.3, 0.4) is 0 Å². The molecule has 1 aliphatic rings. The molecule has 1 aliphatic heterocycles. The molecule has 1 saturated heterocycles. The quantitative estimate of drug-likeness (QED) is 0.871. The first kappa shape index (κ1) is 16.5. The average Bonchev–Trinajstić information content (AvgIpc) is 2.47. The van der Waals surface area contributed by atoms with Crippen LogP contribution in [0.5, 0.6) is 0 Å². The van der Waals surface area contributed by atoms with Crippen molar-refractivity contribution >= 4 is 0 Å². The van der Waals surface area contributed by atoms with Crippen LogP contribution in [0.2, 0.25) is 0 Å². The second kappa shape index (κ2) is 7.92. The highest BCUT2D eigenvalue weighted by Gasteiger charge is 2.20. The van der Waals surface area contributed by atoms with E-state index in [1.165, 1.54) is 11.1 Å². The maximum Gasteiger partial charge on any atom is 0.0674 e. The van der Waals surface area contributed by atoms with Crippen molar-refractivity contribution in [2.75, 3.05) is 32.8 Å². The number of benzene rings is 1. The lowest BCUT2D eigenvalue weighted by molar-refractivity contribution is -0.0210. The van der Waals surface area contributed by atoms with Crippen LogP contribution in [0.25, 0.3) is 0 Å². The molecule has 0 radical (unpaired) electrons. The number of rotatable bonds is 6. The van der Waals surface area contributed by atoms with E-state index in [9.17, 15) is 0 Å². The highest BCUT2D eigenvalue weighted by molar-refractivity contribution is 5.27. The molecule has 2 unspecified atom stereocenters. The van der Waals surface area contributed by atoms with Crippen LogP contribution in [0.4, 0.5) is 0 Å². The first-order chi connectivity index (χ1) is 10.1. The number of likely N-dealkylation sites (N-methyl/N-ethyl adjacent to an activating group) is 1. The first-order valence-corrected chi connectivity index (χ1v) is 8.27. The Kier molecular flexibility index (Phi) is 6.22. The predicted octanol–water partition coefficient (Wildman–Crippen LogP) is 3.18. The summed E-state index contributed by atoms with van der Waals surface area (Å²) in [5.74, 6) is 0.594. The van der Waals surface area contributed by atoms with Gasteiger partial charge in [-0.25, -0.2) is 0 Å². The number of hydrogen-bond acceptors (Lipinski definition) is 3. The number of morpholine rings is 1. The molecule has 0 aliphatic carbocycles. The van der Waals surface area contributed by atoms with Crippen molar-refractivity contribution in [2.45, 2.75) is 45.8 Å².